The second-order valence-electron chi connectivity index (χ2n) is 6.86. The van der Waals surface area contributed by atoms with E-state index >= 15 is 0 Å². The van der Waals surface area contributed by atoms with Crippen molar-refractivity contribution in [3.63, 3.8) is 0 Å². The minimum Gasteiger partial charge on any atom is -0.379 e. The maximum Gasteiger partial charge on any atom is 0.279 e. The van der Waals surface area contributed by atoms with Gasteiger partial charge in [0.2, 0.25) is 0 Å². The Bertz CT molecular complexity index is 443. The Balaban J connectivity index is 1.93. The lowest BCUT2D eigenvalue weighted by Crippen LogP contribution is -2.58. The fraction of sp³-hybridized carbons (Fsp3) is 1.00. The number of hydrogen-bond donors (Lipinski definition) is 1. The Labute approximate surface area is 135 Å². The molecule has 130 valence electrons. The van der Waals surface area contributed by atoms with Crippen molar-refractivity contribution in [1.82, 2.24) is 13.9 Å². The van der Waals surface area contributed by atoms with Crippen LogP contribution in [-0.4, -0.2) is 69.1 Å². The smallest absolute Gasteiger partial charge is 0.279 e. The van der Waals surface area contributed by atoms with Crippen molar-refractivity contribution in [3.8, 4) is 0 Å². The number of piperidine rings is 1. The van der Waals surface area contributed by atoms with Gasteiger partial charge in [-0.3, -0.25) is 4.90 Å². The number of nitrogens with zero attached hydrogens (tertiary/aromatic N) is 2. The van der Waals surface area contributed by atoms with Crippen molar-refractivity contribution in [1.29, 1.82) is 0 Å². The molecule has 2 saturated heterocycles. The molecule has 1 atom stereocenters. The second kappa shape index (κ2) is 7.57. The first kappa shape index (κ1) is 18.1. The van der Waals surface area contributed by atoms with Crippen LogP contribution < -0.4 is 4.72 Å². The summed E-state index contributed by atoms with van der Waals surface area (Å²) in [5, 5.41) is 0. The zero-order valence-corrected chi connectivity index (χ0v) is 15.0. The van der Waals surface area contributed by atoms with E-state index in [1.54, 1.807) is 4.31 Å². The number of nitrogens with one attached hydrogen (secondary N) is 1. The predicted molar refractivity (Wildman–Crippen MR) is 88.0 cm³/mol. The second-order valence-corrected chi connectivity index (χ2v) is 8.61. The van der Waals surface area contributed by atoms with E-state index in [9.17, 15) is 8.42 Å². The summed E-state index contributed by atoms with van der Waals surface area (Å²) in [5.74, 6) is 0.626. The first-order chi connectivity index (χ1) is 10.4. The van der Waals surface area contributed by atoms with Crippen molar-refractivity contribution in [2.75, 3.05) is 45.9 Å². The van der Waals surface area contributed by atoms with Gasteiger partial charge in [0.15, 0.2) is 0 Å². The van der Waals surface area contributed by atoms with E-state index in [2.05, 4.69) is 30.4 Å². The topological polar surface area (TPSA) is 61.9 Å². The van der Waals surface area contributed by atoms with Gasteiger partial charge in [-0.2, -0.15) is 12.7 Å². The standard InChI is InChI=1S/C15H31N3O3S/c1-4-15(3,17-9-11-21-12-10-17)13-16-22(19,20)18-7-5-14(2)6-8-18/h14,16H,4-13H2,1-3H3. The normalized spacial score (nSPS) is 26.0. The molecule has 2 heterocycles. The molecule has 0 radical (unpaired) electrons. The lowest BCUT2D eigenvalue weighted by Gasteiger charge is -2.43. The van der Waals surface area contributed by atoms with Gasteiger partial charge in [-0.25, -0.2) is 4.72 Å². The van der Waals surface area contributed by atoms with Crippen LogP contribution in [0.1, 0.15) is 40.0 Å². The van der Waals surface area contributed by atoms with E-state index in [0.717, 1.165) is 45.6 Å². The Morgan fingerprint density at radius 1 is 1.18 bits per heavy atom. The third kappa shape index (κ3) is 4.41. The van der Waals surface area contributed by atoms with E-state index in [4.69, 9.17) is 4.74 Å². The molecule has 0 amide bonds. The molecule has 22 heavy (non-hydrogen) atoms. The molecule has 0 spiro atoms. The van der Waals surface area contributed by atoms with Crippen LogP contribution in [-0.2, 0) is 14.9 Å². The highest BCUT2D eigenvalue weighted by Crippen LogP contribution is 2.22. The number of ether oxygens (including phenoxy) is 1. The van der Waals surface area contributed by atoms with Crippen LogP contribution in [0.2, 0.25) is 0 Å². The van der Waals surface area contributed by atoms with Gasteiger partial charge in [0.1, 0.15) is 0 Å². The molecule has 0 saturated carbocycles. The first-order valence-corrected chi connectivity index (χ1v) is 9.89. The van der Waals surface area contributed by atoms with Gasteiger partial charge in [-0.1, -0.05) is 13.8 Å². The number of rotatable bonds is 6. The molecular weight excluding hydrogens is 302 g/mol. The van der Waals surface area contributed by atoms with Crippen LogP contribution in [0.25, 0.3) is 0 Å². The maximum absolute atomic E-state index is 12.5. The summed E-state index contributed by atoms with van der Waals surface area (Å²) in [6.07, 6.45) is 2.82. The van der Waals surface area contributed by atoms with Gasteiger partial charge in [0.25, 0.3) is 10.2 Å². The van der Waals surface area contributed by atoms with E-state index < -0.39 is 10.2 Å². The third-order valence-electron chi connectivity index (χ3n) is 5.25. The van der Waals surface area contributed by atoms with Crippen LogP contribution >= 0.6 is 0 Å². The number of morpholine rings is 1. The fourth-order valence-electron chi connectivity index (χ4n) is 3.13. The molecule has 7 heteroatoms. The summed E-state index contributed by atoms with van der Waals surface area (Å²) in [6.45, 7) is 11.4. The molecule has 2 aliphatic heterocycles. The third-order valence-corrected chi connectivity index (χ3v) is 6.81. The lowest BCUT2D eigenvalue weighted by molar-refractivity contribution is -0.0158. The van der Waals surface area contributed by atoms with E-state index in [1.165, 1.54) is 0 Å². The van der Waals surface area contributed by atoms with Crippen molar-refractivity contribution in [3.05, 3.63) is 0 Å². The maximum atomic E-state index is 12.5. The largest absolute Gasteiger partial charge is 0.379 e. The van der Waals surface area contributed by atoms with E-state index in [0.29, 0.717) is 25.6 Å². The molecule has 6 nitrogen and oxygen atoms in total. The Hall–Kier alpha value is -0.210. The van der Waals surface area contributed by atoms with Gasteiger partial charge in [0.05, 0.1) is 13.2 Å². The molecule has 0 aliphatic carbocycles. The Morgan fingerprint density at radius 2 is 1.77 bits per heavy atom. The molecule has 0 aromatic rings. The molecule has 2 rings (SSSR count). The quantitative estimate of drug-likeness (QED) is 0.789. The molecule has 0 bridgehead atoms. The van der Waals surface area contributed by atoms with Crippen LogP contribution in [0, 0.1) is 5.92 Å². The van der Waals surface area contributed by atoms with Crippen molar-refractivity contribution < 1.29 is 13.2 Å². The summed E-state index contributed by atoms with van der Waals surface area (Å²) in [4.78, 5) is 2.34. The molecule has 1 unspecified atom stereocenters. The molecule has 1 N–H and O–H groups in total. The lowest BCUT2D eigenvalue weighted by atomic mass is 9.96. The summed E-state index contributed by atoms with van der Waals surface area (Å²) < 4.78 is 34.9. The SMILES string of the molecule is CCC(C)(CNS(=O)(=O)N1CCC(C)CC1)N1CCOCC1. The van der Waals surface area contributed by atoms with Gasteiger partial charge >= 0.3 is 0 Å². The highest BCUT2D eigenvalue weighted by Gasteiger charge is 2.34. The van der Waals surface area contributed by atoms with Crippen LogP contribution in [0.5, 0.6) is 0 Å². The summed E-state index contributed by atoms with van der Waals surface area (Å²) in [5.41, 5.74) is -0.153. The average Bonchev–Trinajstić information content (AvgIpc) is 2.54. The minimum atomic E-state index is -3.36. The zero-order valence-electron chi connectivity index (χ0n) is 14.2. The van der Waals surface area contributed by atoms with E-state index in [1.807, 2.05) is 0 Å². The minimum absolute atomic E-state index is 0.153. The van der Waals surface area contributed by atoms with Crippen molar-refractivity contribution in [2.24, 2.45) is 5.92 Å². The van der Waals surface area contributed by atoms with Gasteiger partial charge in [-0.15, -0.1) is 0 Å². The molecule has 2 aliphatic rings. The average molecular weight is 333 g/mol. The van der Waals surface area contributed by atoms with Gasteiger partial charge in [0, 0.05) is 38.3 Å². The zero-order chi connectivity index (χ0) is 16.2. The molecule has 2 fully saturated rings. The van der Waals surface area contributed by atoms with E-state index in [-0.39, 0.29) is 5.54 Å². The molecular formula is C15H31N3O3S. The Morgan fingerprint density at radius 3 is 2.32 bits per heavy atom. The fourth-order valence-corrected chi connectivity index (χ4v) is 4.49. The highest BCUT2D eigenvalue weighted by atomic mass is 32.2. The summed E-state index contributed by atoms with van der Waals surface area (Å²) in [6, 6.07) is 0. The summed E-state index contributed by atoms with van der Waals surface area (Å²) >= 11 is 0. The first-order valence-electron chi connectivity index (χ1n) is 8.45. The summed E-state index contributed by atoms with van der Waals surface area (Å²) in [7, 11) is -3.36. The van der Waals surface area contributed by atoms with Gasteiger partial charge in [-0.05, 0) is 32.1 Å². The van der Waals surface area contributed by atoms with Crippen molar-refractivity contribution in [2.45, 2.75) is 45.6 Å². The van der Waals surface area contributed by atoms with Crippen LogP contribution in [0.4, 0.5) is 0 Å². The molecule has 0 aromatic heterocycles. The molecule has 0 aromatic carbocycles. The Kier molecular flexibility index (Phi) is 6.24. The highest BCUT2D eigenvalue weighted by molar-refractivity contribution is 7.87. The van der Waals surface area contributed by atoms with Crippen LogP contribution in [0.15, 0.2) is 0 Å². The monoisotopic (exact) mass is 333 g/mol. The predicted octanol–water partition coefficient (Wildman–Crippen LogP) is 1.05. The van der Waals surface area contributed by atoms with Crippen LogP contribution in [0.3, 0.4) is 0 Å². The number of hydrogen-bond acceptors (Lipinski definition) is 4. The van der Waals surface area contributed by atoms with Crippen molar-refractivity contribution >= 4 is 10.2 Å². The van der Waals surface area contributed by atoms with Gasteiger partial charge < -0.3 is 4.74 Å².